The highest BCUT2D eigenvalue weighted by Gasteiger charge is 2.18. The lowest BCUT2D eigenvalue weighted by atomic mass is 10.3. The first-order valence-electron chi connectivity index (χ1n) is 5.54. The Bertz CT molecular complexity index is 438. The molecule has 0 aliphatic rings. The van der Waals surface area contributed by atoms with Crippen molar-refractivity contribution in [3.05, 3.63) is 30.1 Å². The number of benzene rings is 1. The van der Waals surface area contributed by atoms with Crippen molar-refractivity contribution in [1.29, 1.82) is 0 Å². The third-order valence-electron chi connectivity index (χ3n) is 2.23. The lowest BCUT2D eigenvalue weighted by Gasteiger charge is -2.11. The second-order valence-corrected chi connectivity index (χ2v) is 4.86. The number of carbonyl (C=O) groups excluding carboxylic acids is 1. The third kappa shape index (κ3) is 5.71. The van der Waals surface area contributed by atoms with Crippen molar-refractivity contribution < 1.29 is 24.2 Å². The number of carboxylic acid groups (broad SMARTS) is 1. The number of hydrogen-bond acceptors (Lipinski definition) is 4. The highest BCUT2D eigenvalue weighted by atomic mass is 32.2. The van der Waals surface area contributed by atoms with Gasteiger partial charge in [-0.05, 0) is 24.3 Å². The highest BCUT2D eigenvalue weighted by Crippen LogP contribution is 2.18. The molecule has 0 saturated heterocycles. The zero-order chi connectivity index (χ0) is 14.3. The van der Waals surface area contributed by atoms with Crippen molar-refractivity contribution in [1.82, 2.24) is 5.32 Å². The number of aliphatic hydroxyl groups is 1. The van der Waals surface area contributed by atoms with Crippen LogP contribution in [0.15, 0.2) is 29.2 Å². The predicted molar refractivity (Wildman–Crippen MR) is 68.4 cm³/mol. The fourth-order valence-corrected chi connectivity index (χ4v) is 2.10. The van der Waals surface area contributed by atoms with Crippen LogP contribution in [0.25, 0.3) is 0 Å². The number of rotatable bonds is 7. The molecule has 1 atom stereocenters. The van der Waals surface area contributed by atoms with Crippen LogP contribution in [-0.4, -0.2) is 40.5 Å². The van der Waals surface area contributed by atoms with Crippen LogP contribution in [0.4, 0.5) is 4.39 Å². The summed E-state index contributed by atoms with van der Waals surface area (Å²) in [4.78, 5) is 22.8. The molecule has 1 rings (SSSR count). The number of halogens is 1. The van der Waals surface area contributed by atoms with Crippen molar-refractivity contribution in [2.45, 2.75) is 17.4 Å². The number of nitrogens with one attached hydrogen (secondary N) is 1. The maximum absolute atomic E-state index is 12.6. The van der Waals surface area contributed by atoms with Crippen molar-refractivity contribution in [3.8, 4) is 0 Å². The highest BCUT2D eigenvalue weighted by molar-refractivity contribution is 7.99. The lowest BCUT2D eigenvalue weighted by Crippen LogP contribution is -2.43. The van der Waals surface area contributed by atoms with Crippen molar-refractivity contribution in [2.75, 3.05) is 12.4 Å². The van der Waals surface area contributed by atoms with E-state index in [-0.39, 0.29) is 12.2 Å². The lowest BCUT2D eigenvalue weighted by molar-refractivity contribution is -0.142. The molecule has 104 valence electrons. The molecule has 0 spiro atoms. The van der Waals surface area contributed by atoms with Gasteiger partial charge in [-0.1, -0.05) is 0 Å². The summed E-state index contributed by atoms with van der Waals surface area (Å²) in [6, 6.07) is 4.59. The largest absolute Gasteiger partial charge is 0.480 e. The van der Waals surface area contributed by atoms with Gasteiger partial charge in [0.2, 0.25) is 5.91 Å². The van der Waals surface area contributed by atoms with E-state index in [1.54, 1.807) is 12.1 Å². The first-order valence-corrected chi connectivity index (χ1v) is 6.53. The Balaban J connectivity index is 2.30. The van der Waals surface area contributed by atoms with E-state index < -0.39 is 24.5 Å². The molecule has 0 radical (unpaired) electrons. The number of hydrogen-bond donors (Lipinski definition) is 3. The Morgan fingerprint density at radius 3 is 2.47 bits per heavy atom. The average Bonchev–Trinajstić information content (AvgIpc) is 2.38. The van der Waals surface area contributed by atoms with Gasteiger partial charge < -0.3 is 15.5 Å². The monoisotopic (exact) mass is 287 g/mol. The topological polar surface area (TPSA) is 86.6 Å². The fraction of sp³-hybridized carbons (Fsp3) is 0.333. The summed E-state index contributed by atoms with van der Waals surface area (Å²) in [5.41, 5.74) is 0. The molecule has 1 aromatic carbocycles. The Kier molecular flexibility index (Phi) is 6.31. The van der Waals surface area contributed by atoms with E-state index >= 15 is 0 Å². The molecule has 7 heteroatoms. The fourth-order valence-electron chi connectivity index (χ4n) is 1.24. The standard InChI is InChI=1S/C12H14FNO4S/c13-8-1-3-9(4-2-8)19-6-5-11(16)14-10(7-15)12(17)18/h1-4,10,15H,5-7H2,(H,14,16)(H,17,18)/t10-/m0/s1. The Hall–Kier alpha value is -1.60. The zero-order valence-electron chi connectivity index (χ0n) is 10.0. The number of amides is 1. The zero-order valence-corrected chi connectivity index (χ0v) is 10.8. The minimum absolute atomic E-state index is 0.117. The van der Waals surface area contributed by atoms with Gasteiger partial charge in [0, 0.05) is 17.1 Å². The minimum Gasteiger partial charge on any atom is -0.480 e. The maximum atomic E-state index is 12.6. The molecule has 5 nitrogen and oxygen atoms in total. The van der Waals surface area contributed by atoms with E-state index in [1.165, 1.54) is 23.9 Å². The summed E-state index contributed by atoms with van der Waals surface area (Å²) in [6.07, 6.45) is 0.117. The van der Waals surface area contributed by atoms with Gasteiger partial charge in [-0.15, -0.1) is 11.8 Å². The van der Waals surface area contributed by atoms with Gasteiger partial charge in [0.15, 0.2) is 0 Å². The summed E-state index contributed by atoms with van der Waals surface area (Å²) < 4.78 is 12.6. The molecule has 0 heterocycles. The molecule has 0 aliphatic carbocycles. The van der Waals surface area contributed by atoms with Crippen molar-refractivity contribution in [2.24, 2.45) is 0 Å². The smallest absolute Gasteiger partial charge is 0.328 e. The second kappa shape index (κ2) is 7.75. The van der Waals surface area contributed by atoms with Crippen molar-refractivity contribution >= 4 is 23.6 Å². The molecule has 0 aliphatic heterocycles. The van der Waals surface area contributed by atoms with Crippen LogP contribution in [0.2, 0.25) is 0 Å². The van der Waals surface area contributed by atoms with Crippen LogP contribution in [0.1, 0.15) is 6.42 Å². The number of aliphatic hydroxyl groups excluding tert-OH is 1. The quantitative estimate of drug-likeness (QED) is 0.648. The van der Waals surface area contributed by atoms with Crippen LogP contribution < -0.4 is 5.32 Å². The normalized spacial score (nSPS) is 11.9. The first kappa shape index (κ1) is 15.5. The molecule has 0 fully saturated rings. The first-order chi connectivity index (χ1) is 9.02. The molecule has 0 aromatic heterocycles. The Labute approximate surface area is 113 Å². The Morgan fingerprint density at radius 1 is 1.32 bits per heavy atom. The Morgan fingerprint density at radius 2 is 1.95 bits per heavy atom. The third-order valence-corrected chi connectivity index (χ3v) is 3.24. The van der Waals surface area contributed by atoms with Gasteiger partial charge >= 0.3 is 5.97 Å². The molecule has 1 amide bonds. The van der Waals surface area contributed by atoms with Gasteiger partial charge in [0.05, 0.1) is 6.61 Å². The molecule has 3 N–H and O–H groups in total. The van der Waals surface area contributed by atoms with E-state index in [0.29, 0.717) is 5.75 Å². The maximum Gasteiger partial charge on any atom is 0.328 e. The van der Waals surface area contributed by atoms with Crippen LogP contribution in [0.5, 0.6) is 0 Å². The second-order valence-electron chi connectivity index (χ2n) is 3.69. The number of aliphatic carboxylic acids is 1. The predicted octanol–water partition coefficient (Wildman–Crippen LogP) is 0.870. The summed E-state index contributed by atoms with van der Waals surface area (Å²) in [6.45, 7) is -0.647. The average molecular weight is 287 g/mol. The van der Waals surface area contributed by atoms with E-state index in [9.17, 15) is 14.0 Å². The molecular weight excluding hydrogens is 273 g/mol. The number of carboxylic acids is 1. The minimum atomic E-state index is -1.28. The van der Waals surface area contributed by atoms with E-state index in [0.717, 1.165) is 4.90 Å². The van der Waals surface area contributed by atoms with Crippen LogP contribution >= 0.6 is 11.8 Å². The SMILES string of the molecule is O=C(CCSc1ccc(F)cc1)N[C@@H](CO)C(=O)O. The molecule has 0 bridgehead atoms. The van der Waals surface area contributed by atoms with Crippen LogP contribution in [0, 0.1) is 5.82 Å². The van der Waals surface area contributed by atoms with Gasteiger partial charge in [0.25, 0.3) is 0 Å². The molecule has 0 unspecified atom stereocenters. The molecular formula is C12H14FNO4S. The van der Waals surface area contributed by atoms with Gasteiger partial charge in [-0.2, -0.15) is 0 Å². The summed E-state index contributed by atoms with van der Waals surface area (Å²) in [7, 11) is 0. The summed E-state index contributed by atoms with van der Waals surface area (Å²) in [5.74, 6) is -1.61. The van der Waals surface area contributed by atoms with Crippen molar-refractivity contribution in [3.63, 3.8) is 0 Å². The van der Waals surface area contributed by atoms with Gasteiger partial charge in [0.1, 0.15) is 11.9 Å². The van der Waals surface area contributed by atoms with Crippen LogP contribution in [-0.2, 0) is 9.59 Å². The van der Waals surface area contributed by atoms with E-state index in [4.69, 9.17) is 10.2 Å². The number of carbonyl (C=O) groups is 2. The van der Waals surface area contributed by atoms with Crippen LogP contribution in [0.3, 0.4) is 0 Å². The summed E-state index contributed by atoms with van der Waals surface area (Å²) >= 11 is 1.36. The van der Waals surface area contributed by atoms with Gasteiger partial charge in [-0.25, -0.2) is 9.18 Å². The number of thioether (sulfide) groups is 1. The summed E-state index contributed by atoms with van der Waals surface area (Å²) in [5, 5.41) is 19.6. The molecule has 0 saturated carbocycles. The van der Waals surface area contributed by atoms with E-state index in [2.05, 4.69) is 5.32 Å². The van der Waals surface area contributed by atoms with E-state index in [1.807, 2.05) is 0 Å². The van der Waals surface area contributed by atoms with Gasteiger partial charge in [-0.3, -0.25) is 4.79 Å². The molecule has 19 heavy (non-hydrogen) atoms. The molecule has 1 aromatic rings.